The summed E-state index contributed by atoms with van der Waals surface area (Å²) in [6.07, 6.45) is 1.15. The molecule has 2 rings (SSSR count). The molecule has 1 aromatic rings. The molecule has 1 atom stereocenters. The molecule has 0 spiro atoms. The minimum Gasteiger partial charge on any atom is -0.458 e. The molecule has 0 saturated carbocycles. The van der Waals surface area contributed by atoms with Gasteiger partial charge in [-0.1, -0.05) is 0 Å². The van der Waals surface area contributed by atoms with Crippen LogP contribution in [-0.2, 0) is 9.53 Å². The second-order valence-electron chi connectivity index (χ2n) is 6.44. The predicted molar refractivity (Wildman–Crippen MR) is 80.9 cm³/mol. The Labute approximate surface area is 133 Å². The first kappa shape index (κ1) is 17.2. The van der Waals surface area contributed by atoms with E-state index in [0.717, 1.165) is 12.1 Å². The van der Waals surface area contributed by atoms with Crippen molar-refractivity contribution in [2.75, 3.05) is 11.9 Å². The lowest BCUT2D eigenvalue weighted by Crippen LogP contribution is -2.45. The van der Waals surface area contributed by atoms with Gasteiger partial charge in [0.15, 0.2) is 0 Å². The lowest BCUT2D eigenvalue weighted by Gasteiger charge is -2.27. The number of amides is 2. The number of ether oxygens (including phenoxy) is 1. The zero-order chi connectivity index (χ0) is 17.2. The number of nitrogens with one attached hydrogen (secondary N) is 1. The number of rotatable bonds is 2. The highest BCUT2D eigenvalue weighted by molar-refractivity contribution is 5.93. The lowest BCUT2D eigenvalue weighted by atomic mass is 10.1. The number of carbonyl (C=O) groups excluding carboxylic acids is 2. The summed E-state index contributed by atoms with van der Waals surface area (Å²) in [5.74, 6) is -2.08. The fourth-order valence-corrected chi connectivity index (χ4v) is 2.40. The third-order valence-corrected chi connectivity index (χ3v) is 3.37. The van der Waals surface area contributed by atoms with E-state index in [9.17, 15) is 18.4 Å². The number of nitrogens with zero attached hydrogens (tertiary/aromatic N) is 1. The number of anilines is 1. The van der Waals surface area contributed by atoms with Gasteiger partial charge in [-0.3, -0.25) is 0 Å². The van der Waals surface area contributed by atoms with Gasteiger partial charge in [0.2, 0.25) is 0 Å². The number of esters is 1. The summed E-state index contributed by atoms with van der Waals surface area (Å²) in [5.41, 5.74) is -0.781. The van der Waals surface area contributed by atoms with Crippen LogP contribution in [0.2, 0.25) is 0 Å². The number of hydrogen-bond donors (Lipinski definition) is 1. The first-order valence-corrected chi connectivity index (χ1v) is 7.43. The summed E-state index contributed by atoms with van der Waals surface area (Å²) >= 11 is 0. The molecule has 0 radical (unpaired) electrons. The van der Waals surface area contributed by atoms with Gasteiger partial charge >= 0.3 is 12.0 Å². The average Bonchev–Trinajstić information content (AvgIpc) is 2.89. The molecule has 1 aromatic carbocycles. The summed E-state index contributed by atoms with van der Waals surface area (Å²) in [6.45, 7) is 5.62. The van der Waals surface area contributed by atoms with Gasteiger partial charge in [-0.15, -0.1) is 0 Å². The van der Waals surface area contributed by atoms with Crippen LogP contribution in [0.1, 0.15) is 33.6 Å². The van der Waals surface area contributed by atoms with Gasteiger partial charge in [-0.2, -0.15) is 0 Å². The third kappa shape index (κ3) is 4.40. The normalized spacial score (nSPS) is 18.0. The fraction of sp³-hybridized carbons (Fsp3) is 0.500. The average molecular weight is 326 g/mol. The predicted octanol–water partition coefficient (Wildman–Crippen LogP) is 3.30. The van der Waals surface area contributed by atoms with E-state index in [4.69, 9.17) is 4.74 Å². The highest BCUT2D eigenvalue weighted by Gasteiger charge is 2.37. The largest absolute Gasteiger partial charge is 0.458 e. The van der Waals surface area contributed by atoms with Crippen molar-refractivity contribution in [2.24, 2.45) is 0 Å². The highest BCUT2D eigenvalue weighted by atomic mass is 19.1. The van der Waals surface area contributed by atoms with Crippen LogP contribution in [0, 0.1) is 11.6 Å². The van der Waals surface area contributed by atoms with E-state index < -0.39 is 35.3 Å². The van der Waals surface area contributed by atoms with Gasteiger partial charge in [0.05, 0.1) is 5.69 Å². The number of carbonyl (C=O) groups is 2. The zero-order valence-corrected chi connectivity index (χ0v) is 13.4. The van der Waals surface area contributed by atoms with E-state index in [-0.39, 0.29) is 5.69 Å². The van der Waals surface area contributed by atoms with Gasteiger partial charge < -0.3 is 15.0 Å². The van der Waals surface area contributed by atoms with E-state index in [0.29, 0.717) is 25.5 Å². The van der Waals surface area contributed by atoms with E-state index in [1.165, 1.54) is 4.90 Å². The molecule has 126 valence electrons. The molecule has 1 aliphatic heterocycles. The lowest BCUT2D eigenvalue weighted by molar-refractivity contribution is -0.159. The van der Waals surface area contributed by atoms with Crippen molar-refractivity contribution in [3.8, 4) is 0 Å². The van der Waals surface area contributed by atoms with Crippen LogP contribution in [-0.4, -0.2) is 35.1 Å². The van der Waals surface area contributed by atoms with Crippen LogP contribution in [0.3, 0.4) is 0 Å². The van der Waals surface area contributed by atoms with E-state index in [1.807, 2.05) is 0 Å². The number of benzene rings is 1. The Morgan fingerprint density at radius 2 is 2.00 bits per heavy atom. The molecule has 1 aliphatic rings. The molecule has 7 heteroatoms. The van der Waals surface area contributed by atoms with Crippen molar-refractivity contribution in [1.82, 2.24) is 4.90 Å². The SMILES string of the molecule is CC(C)(C)OC(=O)[C@@H]1CCCN1C(=O)Nc1ccc(F)cc1F. The molecule has 0 unspecified atom stereocenters. The first-order valence-electron chi connectivity index (χ1n) is 7.43. The molecule has 23 heavy (non-hydrogen) atoms. The minimum atomic E-state index is -0.869. The Hall–Kier alpha value is -2.18. The summed E-state index contributed by atoms with van der Waals surface area (Å²) in [5, 5.41) is 2.36. The zero-order valence-electron chi connectivity index (χ0n) is 13.4. The number of likely N-dealkylation sites (tertiary alicyclic amines) is 1. The first-order chi connectivity index (χ1) is 10.7. The Morgan fingerprint density at radius 1 is 1.30 bits per heavy atom. The minimum absolute atomic E-state index is 0.133. The standard InChI is InChI=1S/C16H20F2N2O3/c1-16(2,3)23-14(21)13-5-4-8-20(13)15(22)19-12-7-6-10(17)9-11(12)18/h6-7,9,13H,4-5,8H2,1-3H3,(H,19,22)/t13-/m0/s1. The summed E-state index contributed by atoms with van der Waals surface area (Å²) < 4.78 is 31.8. The quantitative estimate of drug-likeness (QED) is 0.848. The van der Waals surface area contributed by atoms with Crippen LogP contribution in [0.5, 0.6) is 0 Å². The van der Waals surface area contributed by atoms with Gasteiger partial charge in [-0.05, 0) is 45.7 Å². The molecule has 2 amide bonds. The molecule has 5 nitrogen and oxygen atoms in total. The molecule has 1 N–H and O–H groups in total. The Bertz CT molecular complexity index is 614. The maximum atomic E-state index is 13.6. The summed E-state index contributed by atoms with van der Waals surface area (Å²) in [6, 6.07) is 1.57. The summed E-state index contributed by atoms with van der Waals surface area (Å²) in [7, 11) is 0. The van der Waals surface area contributed by atoms with Crippen LogP contribution in [0.4, 0.5) is 19.3 Å². The second-order valence-corrected chi connectivity index (χ2v) is 6.44. The van der Waals surface area contributed by atoms with Crippen molar-refractivity contribution < 1.29 is 23.1 Å². The maximum absolute atomic E-state index is 13.6. The van der Waals surface area contributed by atoms with E-state index >= 15 is 0 Å². The Morgan fingerprint density at radius 3 is 2.61 bits per heavy atom. The van der Waals surface area contributed by atoms with E-state index in [1.54, 1.807) is 20.8 Å². The molecular weight excluding hydrogens is 306 g/mol. The van der Waals surface area contributed by atoms with Gasteiger partial charge in [0.1, 0.15) is 23.3 Å². The smallest absolute Gasteiger partial charge is 0.329 e. The Balaban J connectivity index is 2.07. The maximum Gasteiger partial charge on any atom is 0.329 e. The van der Waals surface area contributed by atoms with Gasteiger partial charge in [0, 0.05) is 12.6 Å². The number of urea groups is 1. The van der Waals surface area contributed by atoms with Crippen LogP contribution in [0.25, 0.3) is 0 Å². The third-order valence-electron chi connectivity index (χ3n) is 3.37. The van der Waals surface area contributed by atoms with Crippen molar-refractivity contribution in [3.05, 3.63) is 29.8 Å². The van der Waals surface area contributed by atoms with Crippen molar-refractivity contribution >= 4 is 17.7 Å². The Kier molecular flexibility index (Phi) is 4.87. The fourth-order valence-electron chi connectivity index (χ4n) is 2.40. The number of halogens is 2. The monoisotopic (exact) mass is 326 g/mol. The van der Waals surface area contributed by atoms with Crippen LogP contribution in [0.15, 0.2) is 18.2 Å². The molecule has 1 heterocycles. The molecule has 1 saturated heterocycles. The highest BCUT2D eigenvalue weighted by Crippen LogP contribution is 2.23. The molecule has 0 bridgehead atoms. The molecule has 1 fully saturated rings. The van der Waals surface area contributed by atoms with Crippen molar-refractivity contribution in [2.45, 2.75) is 45.3 Å². The topological polar surface area (TPSA) is 58.6 Å². The number of hydrogen-bond acceptors (Lipinski definition) is 3. The van der Waals surface area contributed by atoms with E-state index in [2.05, 4.69) is 5.32 Å². The van der Waals surface area contributed by atoms with Gasteiger partial charge in [-0.25, -0.2) is 18.4 Å². The van der Waals surface area contributed by atoms with Crippen molar-refractivity contribution in [3.63, 3.8) is 0 Å². The summed E-state index contributed by atoms with van der Waals surface area (Å²) in [4.78, 5) is 25.8. The molecule has 0 aromatic heterocycles. The van der Waals surface area contributed by atoms with Gasteiger partial charge in [0.25, 0.3) is 0 Å². The molecular formula is C16H20F2N2O3. The second kappa shape index (κ2) is 6.52. The molecule has 0 aliphatic carbocycles. The van der Waals surface area contributed by atoms with Crippen LogP contribution < -0.4 is 5.32 Å². The van der Waals surface area contributed by atoms with Crippen LogP contribution >= 0.6 is 0 Å². The van der Waals surface area contributed by atoms with Crippen molar-refractivity contribution in [1.29, 1.82) is 0 Å².